The molecule has 0 aromatic heterocycles. The van der Waals surface area contributed by atoms with Crippen molar-refractivity contribution in [3.05, 3.63) is 48.6 Å². The first-order valence-electron chi connectivity index (χ1n) is 15.4. The number of fused-ring (bicyclic) bond motifs is 1. The number of benzene rings is 1. The van der Waals surface area contributed by atoms with Crippen LogP contribution in [0.1, 0.15) is 38.7 Å². The summed E-state index contributed by atoms with van der Waals surface area (Å²) < 4.78 is 17.8. The third-order valence-corrected chi connectivity index (χ3v) is 9.76. The molecule has 0 saturated carbocycles. The smallest absolute Gasteiger partial charge is 0.312 e. The fourth-order valence-corrected chi connectivity index (χ4v) is 7.76. The van der Waals surface area contributed by atoms with Crippen molar-refractivity contribution in [2.24, 2.45) is 11.8 Å². The maximum atomic E-state index is 14.7. The van der Waals surface area contributed by atoms with E-state index in [4.69, 9.17) is 14.2 Å². The van der Waals surface area contributed by atoms with Crippen LogP contribution in [0.15, 0.2) is 43.0 Å². The average molecular weight is 584 g/mol. The van der Waals surface area contributed by atoms with Gasteiger partial charge in [-0.3, -0.25) is 19.3 Å². The van der Waals surface area contributed by atoms with Crippen LogP contribution >= 0.6 is 0 Å². The summed E-state index contributed by atoms with van der Waals surface area (Å²) in [6.45, 7) is 11.8. The second kappa shape index (κ2) is 12.8. The fourth-order valence-electron chi connectivity index (χ4n) is 7.76. The molecule has 230 valence electrons. The molecule has 6 atom stereocenters. The van der Waals surface area contributed by atoms with E-state index in [1.54, 1.807) is 22.8 Å². The van der Waals surface area contributed by atoms with E-state index in [9.17, 15) is 19.5 Å². The van der Waals surface area contributed by atoms with Crippen LogP contribution in [0.3, 0.4) is 0 Å². The molecule has 42 heavy (non-hydrogen) atoms. The number of esters is 1. The highest BCUT2D eigenvalue weighted by Crippen LogP contribution is 2.64. The highest BCUT2D eigenvalue weighted by Gasteiger charge is 2.79. The number of nitrogens with zero attached hydrogens (tertiary/aromatic N) is 3. The second-order valence-electron chi connectivity index (χ2n) is 11.9. The van der Waals surface area contributed by atoms with Crippen LogP contribution in [-0.2, 0) is 35.0 Å². The zero-order valence-electron chi connectivity index (χ0n) is 24.9. The first kappa shape index (κ1) is 30.7. The van der Waals surface area contributed by atoms with Gasteiger partial charge in [-0.15, -0.1) is 6.58 Å². The number of amides is 2. The molecule has 4 saturated heterocycles. The van der Waals surface area contributed by atoms with Crippen LogP contribution in [0.25, 0.3) is 0 Å². The van der Waals surface area contributed by atoms with Crippen LogP contribution in [-0.4, -0.2) is 120 Å². The van der Waals surface area contributed by atoms with E-state index in [1.807, 2.05) is 37.3 Å². The number of morpholine rings is 1. The Kier molecular flexibility index (Phi) is 9.37. The maximum Gasteiger partial charge on any atom is 0.312 e. The van der Waals surface area contributed by atoms with Crippen LogP contribution in [0.5, 0.6) is 0 Å². The number of aliphatic hydroxyl groups excluding tert-OH is 1. The number of carbonyl (C=O) groups excluding carboxylic acids is 3. The van der Waals surface area contributed by atoms with Crippen LogP contribution in [0, 0.1) is 11.8 Å². The molecule has 4 heterocycles. The summed E-state index contributed by atoms with van der Waals surface area (Å²) in [7, 11) is 0. The Morgan fingerprint density at radius 2 is 1.95 bits per heavy atom. The van der Waals surface area contributed by atoms with Crippen molar-refractivity contribution in [2.45, 2.75) is 62.8 Å². The van der Waals surface area contributed by atoms with E-state index >= 15 is 0 Å². The maximum absolute atomic E-state index is 14.7. The molecule has 10 heteroatoms. The molecular formula is C32H45N3O7. The number of hydrogen-bond acceptors (Lipinski definition) is 8. The van der Waals surface area contributed by atoms with Gasteiger partial charge in [0.25, 0.3) is 0 Å². The molecule has 10 nitrogen and oxygen atoms in total. The zero-order valence-corrected chi connectivity index (χ0v) is 24.9. The average Bonchev–Trinajstić information content (AvgIpc) is 3.62. The van der Waals surface area contributed by atoms with Crippen LogP contribution < -0.4 is 0 Å². The Balaban J connectivity index is 1.54. The van der Waals surface area contributed by atoms with Crippen molar-refractivity contribution in [1.29, 1.82) is 0 Å². The van der Waals surface area contributed by atoms with Crippen molar-refractivity contribution in [1.82, 2.24) is 14.7 Å². The lowest BCUT2D eigenvalue weighted by Crippen LogP contribution is -2.60. The van der Waals surface area contributed by atoms with Crippen molar-refractivity contribution in [3.8, 4) is 0 Å². The summed E-state index contributed by atoms with van der Waals surface area (Å²) in [5.74, 6) is -2.66. The quantitative estimate of drug-likeness (QED) is 0.276. The number of carbonyl (C=O) groups is 3. The van der Waals surface area contributed by atoms with Gasteiger partial charge < -0.3 is 29.1 Å². The minimum atomic E-state index is -1.18. The molecule has 4 aliphatic heterocycles. The lowest BCUT2D eigenvalue weighted by atomic mass is 9.65. The normalized spacial score (nSPS) is 31.2. The summed E-state index contributed by atoms with van der Waals surface area (Å²) in [5, 5.41) is 10.7. The van der Waals surface area contributed by atoms with Crippen molar-refractivity contribution >= 4 is 17.8 Å². The predicted octanol–water partition coefficient (Wildman–Crippen LogP) is 1.65. The molecule has 4 fully saturated rings. The van der Waals surface area contributed by atoms with Gasteiger partial charge in [-0.05, 0) is 38.2 Å². The molecular weight excluding hydrogens is 538 g/mol. The first-order chi connectivity index (χ1) is 20.4. The molecule has 0 radical (unpaired) electrons. The Hall–Kier alpha value is -2.79. The number of likely N-dealkylation sites (tertiary alicyclic amines) is 1. The molecule has 2 unspecified atom stereocenters. The number of ether oxygens (including phenoxy) is 3. The van der Waals surface area contributed by atoms with Gasteiger partial charge >= 0.3 is 5.97 Å². The minimum absolute atomic E-state index is 0.192. The Labute approximate surface area is 248 Å². The van der Waals surface area contributed by atoms with E-state index in [1.165, 1.54) is 0 Å². The van der Waals surface area contributed by atoms with Crippen LogP contribution in [0.2, 0.25) is 0 Å². The summed E-state index contributed by atoms with van der Waals surface area (Å²) in [5.41, 5.74) is -1.09. The van der Waals surface area contributed by atoms with Crippen LogP contribution in [0.4, 0.5) is 0 Å². The number of aliphatic hydroxyl groups is 1. The molecule has 4 aliphatic rings. The highest BCUT2D eigenvalue weighted by molar-refractivity contribution is 5.98. The number of rotatable bonds is 13. The standard InChI is InChI=1S/C32H45N3O7/c1-4-14-34(16-15-33-17-19-40-20-18-33)29(38)27-32-13-12-31(5-2,42-32)26(30(39)41-6-3)25(32)28(37)35(27)24(22-36)21-23-10-8-7-9-11-23/h4,7-11,24-27,36H,1,5-6,12-22H2,2-3H3/t24-,25+,26-,27?,31+,32?/m1/s1. The first-order valence-corrected chi connectivity index (χ1v) is 15.4. The molecule has 1 N–H and O–H groups in total. The third-order valence-electron chi connectivity index (χ3n) is 9.76. The van der Waals surface area contributed by atoms with E-state index in [2.05, 4.69) is 11.5 Å². The second-order valence-corrected chi connectivity index (χ2v) is 11.9. The van der Waals surface area contributed by atoms with Crippen molar-refractivity contribution in [2.75, 3.05) is 59.2 Å². The summed E-state index contributed by atoms with van der Waals surface area (Å²) in [6.07, 6.45) is 3.64. The van der Waals surface area contributed by atoms with Gasteiger partial charge in [0.05, 0.1) is 44.0 Å². The van der Waals surface area contributed by atoms with E-state index in [0.29, 0.717) is 58.5 Å². The SMILES string of the molecule is C=CCN(CCN1CCOCC1)C(=O)C1N([C@@H](CO)Cc2ccccc2)C(=O)[C@@H]2[C@H](C(=O)OCC)[C@]3(CC)CCC12O3. The summed E-state index contributed by atoms with van der Waals surface area (Å²) in [6, 6.07) is 7.99. The molecule has 2 bridgehead atoms. The fraction of sp³-hybridized carbons (Fsp3) is 0.656. The highest BCUT2D eigenvalue weighted by atomic mass is 16.6. The Morgan fingerprint density at radius 3 is 2.60 bits per heavy atom. The monoisotopic (exact) mass is 583 g/mol. The zero-order chi connectivity index (χ0) is 29.9. The summed E-state index contributed by atoms with van der Waals surface area (Å²) >= 11 is 0. The molecule has 0 aliphatic carbocycles. The van der Waals surface area contributed by atoms with E-state index in [0.717, 1.165) is 18.7 Å². The van der Waals surface area contributed by atoms with Gasteiger partial charge in [0.15, 0.2) is 0 Å². The van der Waals surface area contributed by atoms with Gasteiger partial charge in [0.1, 0.15) is 17.6 Å². The largest absolute Gasteiger partial charge is 0.466 e. The van der Waals surface area contributed by atoms with Crippen molar-refractivity contribution < 1.29 is 33.7 Å². The summed E-state index contributed by atoms with van der Waals surface area (Å²) in [4.78, 5) is 48.3. The minimum Gasteiger partial charge on any atom is -0.466 e. The van der Waals surface area contributed by atoms with Gasteiger partial charge in [0.2, 0.25) is 11.8 Å². The number of hydrogen-bond donors (Lipinski definition) is 1. The lowest BCUT2D eigenvalue weighted by molar-refractivity contribution is -0.163. The Bertz CT molecular complexity index is 1140. The van der Waals surface area contributed by atoms with Crippen molar-refractivity contribution in [3.63, 3.8) is 0 Å². The molecule has 1 aromatic carbocycles. The lowest BCUT2D eigenvalue weighted by Gasteiger charge is -2.40. The van der Waals surface area contributed by atoms with Gasteiger partial charge in [0, 0.05) is 32.7 Å². The Morgan fingerprint density at radius 1 is 1.21 bits per heavy atom. The van der Waals surface area contributed by atoms with E-state index < -0.39 is 41.1 Å². The van der Waals surface area contributed by atoms with E-state index in [-0.39, 0.29) is 25.0 Å². The molecule has 2 amide bonds. The molecule has 1 aromatic rings. The topological polar surface area (TPSA) is 109 Å². The van der Waals surface area contributed by atoms with Gasteiger partial charge in [-0.1, -0.05) is 43.3 Å². The molecule has 5 rings (SSSR count). The predicted molar refractivity (Wildman–Crippen MR) is 155 cm³/mol. The van der Waals surface area contributed by atoms with Gasteiger partial charge in [-0.2, -0.15) is 0 Å². The molecule has 1 spiro atoms. The third kappa shape index (κ3) is 5.27. The van der Waals surface area contributed by atoms with Gasteiger partial charge in [-0.25, -0.2) is 0 Å².